The molecule has 2 aromatic carbocycles. The number of aromatic nitrogens is 2. The van der Waals surface area contributed by atoms with Crippen LogP contribution in [-0.4, -0.2) is 29.3 Å². The van der Waals surface area contributed by atoms with Gasteiger partial charge in [0, 0.05) is 18.0 Å². The van der Waals surface area contributed by atoms with E-state index in [1.165, 1.54) is 16.7 Å². The van der Waals surface area contributed by atoms with Crippen molar-refractivity contribution in [2.45, 2.75) is 13.8 Å². The molecule has 0 radical (unpaired) electrons. The number of nitro groups is 3. The lowest BCUT2D eigenvalue weighted by molar-refractivity contribution is -0.404. The second-order valence-electron chi connectivity index (χ2n) is 7.00. The molecule has 0 aliphatic rings. The zero-order valence-corrected chi connectivity index (χ0v) is 17.4. The number of fused-ring (bicyclic) bond motifs is 1. The van der Waals surface area contributed by atoms with Crippen molar-refractivity contribution in [3.8, 4) is 17.0 Å². The third kappa shape index (κ3) is 4.90. The van der Waals surface area contributed by atoms with Crippen LogP contribution in [0.15, 0.2) is 60.9 Å². The van der Waals surface area contributed by atoms with Crippen molar-refractivity contribution in [3.63, 3.8) is 0 Å². The summed E-state index contributed by atoms with van der Waals surface area (Å²) in [5.41, 5.74) is 2.81. The molecule has 0 bridgehead atoms. The topological polar surface area (TPSA) is 167 Å². The number of non-ortho nitro benzene ring substituents is 1. The Morgan fingerprint density at radius 3 is 2.00 bits per heavy atom. The van der Waals surface area contributed by atoms with Gasteiger partial charge in [0.15, 0.2) is 0 Å². The predicted molar refractivity (Wildman–Crippen MR) is 118 cm³/mol. The fourth-order valence-corrected chi connectivity index (χ4v) is 2.95. The quantitative estimate of drug-likeness (QED) is 0.343. The first kappa shape index (κ1) is 22.8. The van der Waals surface area contributed by atoms with Gasteiger partial charge in [-0.25, -0.2) is 4.98 Å². The van der Waals surface area contributed by atoms with Gasteiger partial charge >= 0.3 is 11.4 Å². The highest BCUT2D eigenvalue weighted by Gasteiger charge is 2.30. The molecule has 0 saturated heterocycles. The monoisotopic (exact) mass is 451 g/mol. The van der Waals surface area contributed by atoms with Crippen LogP contribution in [0.2, 0.25) is 0 Å². The summed E-state index contributed by atoms with van der Waals surface area (Å²) in [5.74, 6) is -1.21. The van der Waals surface area contributed by atoms with E-state index in [4.69, 9.17) is 5.11 Å². The van der Waals surface area contributed by atoms with Crippen LogP contribution in [0.25, 0.3) is 16.9 Å². The number of rotatable bonds is 4. The van der Waals surface area contributed by atoms with Gasteiger partial charge in [0.2, 0.25) is 0 Å². The van der Waals surface area contributed by atoms with Crippen molar-refractivity contribution >= 4 is 22.7 Å². The van der Waals surface area contributed by atoms with Crippen LogP contribution in [0.1, 0.15) is 11.1 Å². The molecule has 0 aliphatic heterocycles. The molecular formula is C21H17N5O7. The fraction of sp³-hybridized carbons (Fsp3) is 0.0952. The maximum atomic E-state index is 10.4. The van der Waals surface area contributed by atoms with E-state index in [-0.39, 0.29) is 0 Å². The Hall–Kier alpha value is -4.87. The number of hydrogen-bond acceptors (Lipinski definition) is 8. The van der Waals surface area contributed by atoms with Crippen molar-refractivity contribution in [1.29, 1.82) is 0 Å². The Morgan fingerprint density at radius 1 is 0.848 bits per heavy atom. The SMILES string of the molecule is Cc1ccc(-c2cn3ccccc3n2)cc1C.O=[N+]([O-])c1cc([N+](=O)[O-])c(O)c([N+](=O)[O-])c1. The Kier molecular flexibility index (Phi) is 6.29. The van der Waals surface area contributed by atoms with Crippen LogP contribution >= 0.6 is 0 Å². The van der Waals surface area contributed by atoms with Crippen molar-refractivity contribution in [2.75, 3.05) is 0 Å². The number of benzene rings is 2. The standard InChI is InChI=1S/C15H14N2.C6H3N3O7/c1-11-6-7-13(9-12(11)2)14-10-17-8-4-3-5-15(17)16-14;10-6-4(8(13)14)1-3(7(11)12)2-5(6)9(15)16/h3-10H,1-2H3;1-2,10H. The lowest BCUT2D eigenvalue weighted by Gasteiger charge is -2.01. The van der Waals surface area contributed by atoms with Gasteiger partial charge in [-0.3, -0.25) is 30.3 Å². The number of aromatic hydroxyl groups is 1. The normalized spacial score (nSPS) is 10.4. The average Bonchev–Trinajstić information content (AvgIpc) is 3.20. The van der Waals surface area contributed by atoms with Gasteiger partial charge in [-0.2, -0.15) is 0 Å². The number of aryl methyl sites for hydroxylation is 2. The zero-order valence-electron chi connectivity index (χ0n) is 17.4. The highest BCUT2D eigenvalue weighted by Crippen LogP contribution is 2.38. The summed E-state index contributed by atoms with van der Waals surface area (Å²) in [6.07, 6.45) is 4.09. The van der Waals surface area contributed by atoms with Gasteiger partial charge in [-0.05, 0) is 43.2 Å². The van der Waals surface area contributed by atoms with E-state index >= 15 is 0 Å². The average molecular weight is 451 g/mol. The van der Waals surface area contributed by atoms with E-state index in [2.05, 4.69) is 43.2 Å². The van der Waals surface area contributed by atoms with E-state index in [1.54, 1.807) is 0 Å². The summed E-state index contributed by atoms with van der Waals surface area (Å²) in [7, 11) is 0. The second kappa shape index (κ2) is 9.09. The molecule has 0 atom stereocenters. The first-order chi connectivity index (χ1) is 15.6. The maximum Gasteiger partial charge on any atom is 0.324 e. The summed E-state index contributed by atoms with van der Waals surface area (Å²) >= 11 is 0. The molecule has 4 rings (SSSR count). The van der Waals surface area contributed by atoms with Crippen molar-refractivity contribution in [1.82, 2.24) is 9.38 Å². The Morgan fingerprint density at radius 2 is 1.48 bits per heavy atom. The van der Waals surface area contributed by atoms with Crippen molar-refractivity contribution < 1.29 is 19.9 Å². The molecule has 0 unspecified atom stereocenters. The molecule has 2 aromatic heterocycles. The number of phenols is 1. The molecular weight excluding hydrogens is 434 g/mol. The molecule has 0 fully saturated rings. The van der Waals surface area contributed by atoms with Crippen LogP contribution in [0, 0.1) is 44.2 Å². The number of pyridine rings is 1. The van der Waals surface area contributed by atoms with E-state index in [0.717, 1.165) is 11.3 Å². The number of nitrogens with zero attached hydrogens (tertiary/aromatic N) is 5. The number of nitro benzene ring substituents is 3. The first-order valence-corrected chi connectivity index (χ1v) is 9.40. The summed E-state index contributed by atoms with van der Waals surface area (Å²) in [6.45, 7) is 4.26. The second-order valence-corrected chi connectivity index (χ2v) is 7.00. The van der Waals surface area contributed by atoms with Crippen LogP contribution in [0.5, 0.6) is 5.75 Å². The minimum Gasteiger partial charge on any atom is -0.497 e. The molecule has 12 heteroatoms. The van der Waals surface area contributed by atoms with Crippen molar-refractivity contribution in [3.05, 3.63) is 102 Å². The van der Waals surface area contributed by atoms with Gasteiger partial charge in [0.05, 0.1) is 32.6 Å². The minimum atomic E-state index is -1.21. The summed E-state index contributed by atoms with van der Waals surface area (Å²) in [6, 6.07) is 13.4. The molecule has 0 saturated carbocycles. The summed E-state index contributed by atoms with van der Waals surface area (Å²) in [4.78, 5) is 32.4. The molecule has 0 amide bonds. The summed E-state index contributed by atoms with van der Waals surface area (Å²) < 4.78 is 2.05. The van der Waals surface area contributed by atoms with Crippen LogP contribution in [-0.2, 0) is 0 Å². The molecule has 1 N–H and O–H groups in total. The van der Waals surface area contributed by atoms with Gasteiger partial charge in [0.25, 0.3) is 11.4 Å². The molecule has 168 valence electrons. The zero-order chi connectivity index (χ0) is 24.3. The number of hydrogen-bond donors (Lipinski definition) is 1. The Balaban J connectivity index is 0.000000186. The predicted octanol–water partition coefficient (Wildman–Crippen LogP) is 4.73. The van der Waals surface area contributed by atoms with E-state index in [0.29, 0.717) is 12.1 Å². The van der Waals surface area contributed by atoms with Gasteiger partial charge in [0.1, 0.15) is 5.65 Å². The molecule has 0 aliphatic carbocycles. The minimum absolute atomic E-state index is 0.447. The van der Waals surface area contributed by atoms with Crippen LogP contribution in [0.4, 0.5) is 17.1 Å². The van der Waals surface area contributed by atoms with Gasteiger partial charge < -0.3 is 9.51 Å². The lowest BCUT2D eigenvalue weighted by Crippen LogP contribution is -1.97. The van der Waals surface area contributed by atoms with E-state index < -0.39 is 37.6 Å². The summed E-state index contributed by atoms with van der Waals surface area (Å²) in [5, 5.41) is 40.2. The Labute approximate surface area is 185 Å². The van der Waals surface area contributed by atoms with Crippen LogP contribution < -0.4 is 0 Å². The highest BCUT2D eigenvalue weighted by molar-refractivity contribution is 5.65. The fourth-order valence-electron chi connectivity index (χ4n) is 2.95. The Bertz CT molecular complexity index is 1330. The maximum absolute atomic E-state index is 10.4. The number of phenolic OH excluding ortho intramolecular Hbond substituents is 1. The molecule has 33 heavy (non-hydrogen) atoms. The first-order valence-electron chi connectivity index (χ1n) is 9.40. The largest absolute Gasteiger partial charge is 0.497 e. The van der Waals surface area contributed by atoms with Crippen LogP contribution in [0.3, 0.4) is 0 Å². The highest BCUT2D eigenvalue weighted by atomic mass is 16.6. The van der Waals surface area contributed by atoms with Crippen molar-refractivity contribution in [2.24, 2.45) is 0 Å². The third-order valence-corrected chi connectivity index (χ3v) is 4.83. The molecule has 0 spiro atoms. The third-order valence-electron chi connectivity index (χ3n) is 4.83. The molecule has 2 heterocycles. The smallest absolute Gasteiger partial charge is 0.324 e. The van der Waals surface area contributed by atoms with E-state index in [9.17, 15) is 30.3 Å². The van der Waals surface area contributed by atoms with Gasteiger partial charge in [-0.1, -0.05) is 18.2 Å². The van der Waals surface area contributed by atoms with E-state index in [1.807, 2.05) is 28.8 Å². The molecule has 12 nitrogen and oxygen atoms in total. The number of imidazole rings is 1. The lowest BCUT2D eigenvalue weighted by atomic mass is 10.1. The molecule has 4 aromatic rings. The van der Waals surface area contributed by atoms with Gasteiger partial charge in [-0.15, -0.1) is 0 Å².